The number of amides is 3. The van der Waals surface area contributed by atoms with E-state index in [1.807, 2.05) is 19.9 Å². The molecular formula is C20H22FN5O2. The zero-order valence-corrected chi connectivity index (χ0v) is 15.7. The van der Waals surface area contributed by atoms with Crippen molar-refractivity contribution in [1.82, 2.24) is 10.6 Å². The van der Waals surface area contributed by atoms with Crippen LogP contribution in [-0.4, -0.2) is 31.1 Å². The highest BCUT2D eigenvalue weighted by Crippen LogP contribution is 2.17. The third-order valence-electron chi connectivity index (χ3n) is 3.68. The van der Waals surface area contributed by atoms with Crippen LogP contribution in [0.5, 0.6) is 0 Å². The van der Waals surface area contributed by atoms with Crippen LogP contribution in [0.3, 0.4) is 0 Å². The van der Waals surface area contributed by atoms with Gasteiger partial charge in [0, 0.05) is 30.4 Å². The van der Waals surface area contributed by atoms with Gasteiger partial charge in [0.1, 0.15) is 17.4 Å². The smallest absolute Gasteiger partial charge is 0.319 e. The Morgan fingerprint density at radius 1 is 1.11 bits per heavy atom. The van der Waals surface area contributed by atoms with E-state index in [1.54, 1.807) is 30.3 Å². The molecule has 0 heterocycles. The monoisotopic (exact) mass is 383 g/mol. The Hall–Kier alpha value is -3.60. The van der Waals surface area contributed by atoms with Crippen LogP contribution in [0.1, 0.15) is 29.8 Å². The van der Waals surface area contributed by atoms with Gasteiger partial charge in [-0.1, -0.05) is 6.07 Å². The van der Waals surface area contributed by atoms with Crippen molar-refractivity contribution in [2.75, 3.05) is 23.7 Å². The van der Waals surface area contributed by atoms with Crippen molar-refractivity contribution < 1.29 is 14.0 Å². The lowest BCUT2D eigenvalue weighted by Gasteiger charge is -2.11. The average molecular weight is 383 g/mol. The average Bonchev–Trinajstić information content (AvgIpc) is 2.65. The highest BCUT2D eigenvalue weighted by atomic mass is 19.1. The predicted octanol–water partition coefficient (Wildman–Crippen LogP) is 3.07. The SMILES string of the molecule is CC(C)NC(=O)Nc1ccc(C(=O)NCCNc2cccc(F)c2C#N)cc1. The molecule has 0 aliphatic rings. The lowest BCUT2D eigenvalue weighted by molar-refractivity contribution is 0.0955. The van der Waals surface area contributed by atoms with Gasteiger partial charge in [0.05, 0.1) is 5.69 Å². The third kappa shape index (κ3) is 5.99. The van der Waals surface area contributed by atoms with E-state index >= 15 is 0 Å². The van der Waals surface area contributed by atoms with Gasteiger partial charge >= 0.3 is 6.03 Å². The van der Waals surface area contributed by atoms with E-state index in [1.165, 1.54) is 12.1 Å². The first-order chi connectivity index (χ1) is 13.4. The van der Waals surface area contributed by atoms with Crippen LogP contribution in [0, 0.1) is 17.1 Å². The minimum atomic E-state index is -0.590. The first kappa shape index (κ1) is 20.7. The van der Waals surface area contributed by atoms with E-state index in [0.717, 1.165) is 0 Å². The zero-order valence-electron chi connectivity index (χ0n) is 15.7. The van der Waals surface area contributed by atoms with Gasteiger partial charge in [0.2, 0.25) is 0 Å². The molecule has 0 saturated carbocycles. The van der Waals surface area contributed by atoms with E-state index < -0.39 is 5.82 Å². The molecule has 0 aromatic heterocycles. The third-order valence-corrected chi connectivity index (χ3v) is 3.68. The number of hydrogen-bond donors (Lipinski definition) is 4. The first-order valence-electron chi connectivity index (χ1n) is 8.79. The van der Waals surface area contributed by atoms with Gasteiger partial charge in [-0.3, -0.25) is 4.79 Å². The number of halogens is 1. The van der Waals surface area contributed by atoms with E-state index in [-0.39, 0.29) is 30.1 Å². The minimum absolute atomic E-state index is 0.0234. The molecule has 7 nitrogen and oxygen atoms in total. The predicted molar refractivity (Wildman–Crippen MR) is 106 cm³/mol. The van der Waals surface area contributed by atoms with Crippen molar-refractivity contribution in [1.29, 1.82) is 5.26 Å². The van der Waals surface area contributed by atoms with Crippen LogP contribution in [0.4, 0.5) is 20.6 Å². The second-order valence-corrected chi connectivity index (χ2v) is 6.29. The molecule has 0 saturated heterocycles. The van der Waals surface area contributed by atoms with Gasteiger partial charge in [-0.25, -0.2) is 9.18 Å². The molecule has 4 N–H and O–H groups in total. The molecule has 0 bridgehead atoms. The van der Waals surface area contributed by atoms with Crippen molar-refractivity contribution in [2.45, 2.75) is 19.9 Å². The second kappa shape index (κ2) is 9.92. The quantitative estimate of drug-likeness (QED) is 0.551. The van der Waals surface area contributed by atoms with Gasteiger partial charge < -0.3 is 21.3 Å². The maximum atomic E-state index is 13.5. The van der Waals surface area contributed by atoms with Gasteiger partial charge in [0.15, 0.2) is 0 Å². The Balaban J connectivity index is 1.81. The summed E-state index contributed by atoms with van der Waals surface area (Å²) in [5, 5.41) is 20.0. The summed E-state index contributed by atoms with van der Waals surface area (Å²) in [6, 6.07) is 12.3. The molecule has 0 radical (unpaired) electrons. The molecule has 2 aromatic carbocycles. The minimum Gasteiger partial charge on any atom is -0.382 e. The molecule has 0 aliphatic heterocycles. The number of rotatable bonds is 7. The summed E-state index contributed by atoms with van der Waals surface area (Å²) >= 11 is 0. The summed E-state index contributed by atoms with van der Waals surface area (Å²) in [7, 11) is 0. The molecular weight excluding hydrogens is 361 g/mol. The molecule has 0 unspecified atom stereocenters. The fourth-order valence-electron chi connectivity index (χ4n) is 2.39. The number of carbonyl (C=O) groups excluding carboxylic acids is 2. The van der Waals surface area contributed by atoms with Crippen LogP contribution in [0.15, 0.2) is 42.5 Å². The Bertz CT molecular complexity index is 875. The summed E-state index contributed by atoms with van der Waals surface area (Å²) in [4.78, 5) is 23.8. The maximum Gasteiger partial charge on any atom is 0.319 e. The summed E-state index contributed by atoms with van der Waals surface area (Å²) in [5.41, 5.74) is 1.34. The number of carbonyl (C=O) groups is 2. The lowest BCUT2D eigenvalue weighted by atomic mass is 10.2. The number of hydrogen-bond acceptors (Lipinski definition) is 4. The van der Waals surface area contributed by atoms with Gasteiger partial charge in [-0.15, -0.1) is 0 Å². The fraction of sp³-hybridized carbons (Fsp3) is 0.250. The molecule has 146 valence electrons. The number of nitrogens with zero attached hydrogens (tertiary/aromatic N) is 1. The largest absolute Gasteiger partial charge is 0.382 e. The Morgan fingerprint density at radius 3 is 2.46 bits per heavy atom. The lowest BCUT2D eigenvalue weighted by Crippen LogP contribution is -2.34. The van der Waals surface area contributed by atoms with Crippen LogP contribution in [0.25, 0.3) is 0 Å². The molecule has 0 spiro atoms. The molecule has 0 aliphatic carbocycles. The van der Waals surface area contributed by atoms with E-state index in [2.05, 4.69) is 21.3 Å². The number of urea groups is 1. The number of anilines is 2. The van der Waals surface area contributed by atoms with Crippen LogP contribution in [-0.2, 0) is 0 Å². The molecule has 0 atom stereocenters. The number of benzene rings is 2. The van der Waals surface area contributed by atoms with Crippen LogP contribution >= 0.6 is 0 Å². The first-order valence-corrected chi connectivity index (χ1v) is 8.79. The summed E-state index contributed by atoms with van der Waals surface area (Å²) in [5.74, 6) is -0.868. The van der Waals surface area contributed by atoms with Gasteiger partial charge in [-0.2, -0.15) is 5.26 Å². The van der Waals surface area contributed by atoms with Crippen LogP contribution < -0.4 is 21.3 Å². The topological polar surface area (TPSA) is 106 Å². The van der Waals surface area contributed by atoms with Crippen molar-refractivity contribution in [3.05, 3.63) is 59.4 Å². The zero-order chi connectivity index (χ0) is 20.5. The van der Waals surface area contributed by atoms with Gasteiger partial charge in [-0.05, 0) is 50.2 Å². The second-order valence-electron chi connectivity index (χ2n) is 6.29. The van der Waals surface area contributed by atoms with E-state index in [0.29, 0.717) is 23.5 Å². The molecule has 0 fully saturated rings. The normalized spacial score (nSPS) is 10.1. The Labute approximate surface area is 162 Å². The Kier molecular flexibility index (Phi) is 7.34. The van der Waals surface area contributed by atoms with E-state index in [4.69, 9.17) is 5.26 Å². The summed E-state index contributed by atoms with van der Waals surface area (Å²) in [6.07, 6.45) is 0. The molecule has 28 heavy (non-hydrogen) atoms. The van der Waals surface area contributed by atoms with E-state index in [9.17, 15) is 14.0 Å². The van der Waals surface area contributed by atoms with Crippen molar-refractivity contribution >= 4 is 23.3 Å². The standard InChI is InChI=1S/C20H22FN5O2/c1-13(2)25-20(28)26-15-8-6-14(7-9-15)19(27)24-11-10-23-18-5-3-4-17(21)16(18)12-22/h3-9,13,23H,10-11H2,1-2H3,(H,24,27)(H2,25,26,28). The summed E-state index contributed by atoms with van der Waals surface area (Å²) in [6.45, 7) is 4.34. The maximum absolute atomic E-state index is 13.5. The highest BCUT2D eigenvalue weighted by molar-refractivity contribution is 5.95. The van der Waals surface area contributed by atoms with Crippen molar-refractivity contribution in [3.8, 4) is 6.07 Å². The molecule has 3 amide bonds. The number of nitrogens with one attached hydrogen (secondary N) is 4. The fourth-order valence-corrected chi connectivity index (χ4v) is 2.39. The molecule has 8 heteroatoms. The number of nitriles is 1. The molecule has 2 rings (SSSR count). The van der Waals surface area contributed by atoms with Crippen LogP contribution in [0.2, 0.25) is 0 Å². The Morgan fingerprint density at radius 2 is 1.82 bits per heavy atom. The molecule has 2 aromatic rings. The van der Waals surface area contributed by atoms with Crippen molar-refractivity contribution in [2.24, 2.45) is 0 Å². The highest BCUT2D eigenvalue weighted by Gasteiger charge is 2.09. The summed E-state index contributed by atoms with van der Waals surface area (Å²) < 4.78 is 13.5. The van der Waals surface area contributed by atoms with Crippen molar-refractivity contribution in [3.63, 3.8) is 0 Å². The van der Waals surface area contributed by atoms with Gasteiger partial charge in [0.25, 0.3) is 5.91 Å².